The minimum absolute atomic E-state index is 0.193. The fourth-order valence-corrected chi connectivity index (χ4v) is 2.46. The predicted octanol–water partition coefficient (Wildman–Crippen LogP) is 2.69. The Kier molecular flexibility index (Phi) is 2.40. The molecule has 86 valence electrons. The molecular formula is C15H10N2O. The van der Waals surface area contributed by atoms with Crippen molar-refractivity contribution in [3.8, 4) is 0 Å². The lowest BCUT2D eigenvalue weighted by molar-refractivity contribution is -0.00892. The average molecular weight is 234 g/mol. The van der Waals surface area contributed by atoms with Gasteiger partial charge < -0.3 is 5.53 Å². The second-order valence-electron chi connectivity index (χ2n) is 4.25. The van der Waals surface area contributed by atoms with E-state index in [1.807, 2.05) is 48.5 Å². The molecule has 0 fully saturated rings. The number of hydrogen-bond donors (Lipinski definition) is 0. The molecule has 3 nitrogen and oxygen atoms in total. The summed E-state index contributed by atoms with van der Waals surface area (Å²) >= 11 is 0. The Labute approximate surface area is 104 Å². The average Bonchev–Trinajstić information content (AvgIpc) is 2.73. The summed E-state index contributed by atoms with van der Waals surface area (Å²) in [6.45, 7) is 0. The van der Waals surface area contributed by atoms with E-state index in [1.165, 1.54) is 0 Å². The molecule has 0 radical (unpaired) electrons. The van der Waals surface area contributed by atoms with Gasteiger partial charge in [0.05, 0.1) is 0 Å². The van der Waals surface area contributed by atoms with E-state index in [1.54, 1.807) is 6.07 Å². The summed E-state index contributed by atoms with van der Waals surface area (Å²) in [5.74, 6) is -0.457. The number of hydrogen-bond acceptors (Lipinski definition) is 1. The molecule has 0 amide bonds. The highest BCUT2D eigenvalue weighted by molar-refractivity contribution is 6.49. The lowest BCUT2D eigenvalue weighted by Crippen LogP contribution is -2.15. The Morgan fingerprint density at radius 1 is 0.944 bits per heavy atom. The minimum atomic E-state index is -0.264. The SMILES string of the molecule is [N-]=[N+]=C1C(=O)c2ccccc2C1c1ccccc1. The van der Waals surface area contributed by atoms with Gasteiger partial charge in [-0.05, 0) is 11.1 Å². The number of Topliss-reactive ketones (excluding diaryl/α,β-unsaturated/α-hetero) is 1. The summed E-state index contributed by atoms with van der Waals surface area (Å²) in [4.78, 5) is 15.3. The second-order valence-corrected chi connectivity index (χ2v) is 4.25. The third-order valence-corrected chi connectivity index (χ3v) is 3.26. The number of fused-ring (bicyclic) bond motifs is 1. The van der Waals surface area contributed by atoms with Crippen molar-refractivity contribution < 1.29 is 9.58 Å². The van der Waals surface area contributed by atoms with Crippen molar-refractivity contribution in [1.29, 1.82) is 0 Å². The molecule has 3 heteroatoms. The van der Waals surface area contributed by atoms with Crippen molar-refractivity contribution in [2.24, 2.45) is 0 Å². The summed E-state index contributed by atoms with van der Waals surface area (Å²) in [7, 11) is 0. The molecule has 0 spiro atoms. The molecule has 1 unspecified atom stereocenters. The molecule has 1 aliphatic carbocycles. The fourth-order valence-electron chi connectivity index (χ4n) is 2.46. The van der Waals surface area contributed by atoms with E-state index >= 15 is 0 Å². The highest BCUT2D eigenvalue weighted by atomic mass is 16.1. The van der Waals surface area contributed by atoms with E-state index in [0.717, 1.165) is 11.1 Å². The van der Waals surface area contributed by atoms with Gasteiger partial charge >= 0.3 is 5.71 Å². The Bertz CT molecular complexity index is 670. The van der Waals surface area contributed by atoms with Crippen LogP contribution >= 0.6 is 0 Å². The van der Waals surface area contributed by atoms with Crippen LogP contribution < -0.4 is 0 Å². The van der Waals surface area contributed by atoms with Gasteiger partial charge in [-0.25, -0.2) is 0 Å². The van der Waals surface area contributed by atoms with Gasteiger partial charge in [0.2, 0.25) is 0 Å². The minimum Gasteiger partial charge on any atom is -0.361 e. The lowest BCUT2D eigenvalue weighted by atomic mass is 9.92. The van der Waals surface area contributed by atoms with E-state index in [2.05, 4.69) is 4.79 Å². The van der Waals surface area contributed by atoms with E-state index in [4.69, 9.17) is 5.53 Å². The number of carbonyl (C=O) groups excluding carboxylic acids is 1. The van der Waals surface area contributed by atoms with Crippen LogP contribution in [0.15, 0.2) is 54.6 Å². The summed E-state index contributed by atoms with van der Waals surface area (Å²) in [5.41, 5.74) is 11.8. The first-order valence-corrected chi connectivity index (χ1v) is 5.73. The monoisotopic (exact) mass is 234 g/mol. The first kappa shape index (κ1) is 10.6. The van der Waals surface area contributed by atoms with Gasteiger partial charge in [-0.15, -0.1) is 0 Å². The number of rotatable bonds is 1. The molecule has 0 saturated heterocycles. The first-order valence-electron chi connectivity index (χ1n) is 5.73. The van der Waals surface area contributed by atoms with Crippen molar-refractivity contribution in [3.63, 3.8) is 0 Å². The molecule has 0 saturated carbocycles. The van der Waals surface area contributed by atoms with Gasteiger partial charge in [0.25, 0.3) is 5.78 Å². The number of carbonyl (C=O) groups is 1. The van der Waals surface area contributed by atoms with Crippen LogP contribution in [0.25, 0.3) is 5.53 Å². The fraction of sp³-hybridized carbons (Fsp3) is 0.0667. The van der Waals surface area contributed by atoms with E-state index < -0.39 is 0 Å². The van der Waals surface area contributed by atoms with Gasteiger partial charge in [0.15, 0.2) is 0 Å². The standard InChI is InChI=1S/C15H10N2O/c16-17-14-13(10-6-2-1-3-7-10)11-8-4-5-9-12(11)15(14)18/h1-9,13H. The molecule has 0 heterocycles. The third kappa shape index (κ3) is 1.42. The molecule has 0 aromatic heterocycles. The molecule has 0 aliphatic heterocycles. The number of nitrogens with zero attached hydrogens (tertiary/aromatic N) is 2. The normalized spacial score (nSPS) is 17.4. The summed E-state index contributed by atoms with van der Waals surface area (Å²) in [6.07, 6.45) is 0. The number of benzene rings is 2. The van der Waals surface area contributed by atoms with E-state index in [0.29, 0.717) is 5.56 Å². The van der Waals surface area contributed by atoms with E-state index in [9.17, 15) is 4.79 Å². The highest BCUT2D eigenvalue weighted by Gasteiger charge is 2.43. The molecule has 1 atom stereocenters. The predicted molar refractivity (Wildman–Crippen MR) is 67.7 cm³/mol. The number of ketones is 1. The quantitative estimate of drug-likeness (QED) is 0.552. The van der Waals surface area contributed by atoms with Crippen molar-refractivity contribution >= 4 is 11.5 Å². The van der Waals surface area contributed by atoms with Gasteiger partial charge in [0.1, 0.15) is 5.92 Å². The van der Waals surface area contributed by atoms with Crippen LogP contribution in [0.5, 0.6) is 0 Å². The van der Waals surface area contributed by atoms with E-state index in [-0.39, 0.29) is 17.4 Å². The first-order chi connectivity index (χ1) is 8.83. The zero-order valence-electron chi connectivity index (χ0n) is 9.58. The summed E-state index contributed by atoms with van der Waals surface area (Å²) in [6, 6.07) is 17.0. The van der Waals surface area contributed by atoms with Crippen LogP contribution in [-0.4, -0.2) is 16.3 Å². The van der Waals surface area contributed by atoms with Crippen LogP contribution in [0.4, 0.5) is 0 Å². The molecule has 0 bridgehead atoms. The van der Waals surface area contributed by atoms with Crippen LogP contribution in [0.2, 0.25) is 0 Å². The maximum atomic E-state index is 12.1. The summed E-state index contributed by atoms with van der Waals surface area (Å²) in [5, 5.41) is 0. The molecule has 2 aromatic rings. The Hall–Kier alpha value is -2.51. The molecule has 1 aliphatic rings. The molecule has 0 N–H and O–H groups in total. The van der Waals surface area contributed by atoms with Gasteiger partial charge in [-0.1, -0.05) is 54.6 Å². The Balaban J connectivity index is 2.26. The molecule has 18 heavy (non-hydrogen) atoms. The molecule has 2 aromatic carbocycles. The largest absolute Gasteiger partial charge is 0.361 e. The highest BCUT2D eigenvalue weighted by Crippen LogP contribution is 2.35. The zero-order chi connectivity index (χ0) is 12.5. The van der Waals surface area contributed by atoms with Crippen LogP contribution in [0.3, 0.4) is 0 Å². The topological polar surface area (TPSA) is 53.5 Å². The van der Waals surface area contributed by atoms with Crippen molar-refractivity contribution in [3.05, 3.63) is 76.8 Å². The van der Waals surface area contributed by atoms with Crippen molar-refractivity contribution in [2.45, 2.75) is 5.92 Å². The Morgan fingerprint density at radius 3 is 2.33 bits per heavy atom. The van der Waals surface area contributed by atoms with Crippen molar-refractivity contribution in [1.82, 2.24) is 0 Å². The molecular weight excluding hydrogens is 224 g/mol. The second kappa shape index (κ2) is 4.06. The maximum absolute atomic E-state index is 12.1. The molecule has 3 rings (SSSR count). The van der Waals surface area contributed by atoms with Crippen LogP contribution in [0.1, 0.15) is 27.4 Å². The smallest absolute Gasteiger partial charge is 0.351 e. The van der Waals surface area contributed by atoms with Gasteiger partial charge in [-0.3, -0.25) is 4.79 Å². The van der Waals surface area contributed by atoms with Crippen LogP contribution in [0, 0.1) is 0 Å². The third-order valence-electron chi connectivity index (χ3n) is 3.26. The van der Waals surface area contributed by atoms with Crippen molar-refractivity contribution in [2.75, 3.05) is 0 Å². The van der Waals surface area contributed by atoms with Gasteiger partial charge in [0, 0.05) is 5.56 Å². The Morgan fingerprint density at radius 2 is 1.61 bits per heavy atom. The summed E-state index contributed by atoms with van der Waals surface area (Å²) < 4.78 is 0. The lowest BCUT2D eigenvalue weighted by Gasteiger charge is -2.06. The van der Waals surface area contributed by atoms with Crippen LogP contribution in [-0.2, 0) is 0 Å². The zero-order valence-corrected chi connectivity index (χ0v) is 9.58. The van der Waals surface area contributed by atoms with Gasteiger partial charge in [-0.2, -0.15) is 4.79 Å². The maximum Gasteiger partial charge on any atom is 0.351 e.